The first-order valence-electron chi connectivity index (χ1n) is 14.2. The first-order valence-corrected chi connectivity index (χ1v) is 14.2. The van der Waals surface area contributed by atoms with E-state index in [2.05, 4.69) is 92.1 Å². The molecule has 39 heavy (non-hydrogen) atoms. The largest absolute Gasteiger partial charge is 0.463 e. The molecule has 0 N–H and O–H groups in total. The van der Waals surface area contributed by atoms with Crippen molar-refractivity contribution in [2.45, 2.75) is 71.1 Å². The fourth-order valence-electron chi connectivity index (χ4n) is 5.98. The minimum absolute atomic E-state index is 0.0825. The van der Waals surface area contributed by atoms with Gasteiger partial charge in [-0.1, -0.05) is 63.1 Å². The molecule has 0 radical (unpaired) electrons. The summed E-state index contributed by atoms with van der Waals surface area (Å²) < 4.78 is 6.86. The van der Waals surface area contributed by atoms with Crippen LogP contribution in [0.2, 0.25) is 0 Å². The fraction of sp³-hybridized carbons (Fsp3) is 0.394. The molecule has 2 aliphatic heterocycles. The van der Waals surface area contributed by atoms with Crippen LogP contribution in [0.1, 0.15) is 70.1 Å². The van der Waals surface area contributed by atoms with Gasteiger partial charge in [0, 0.05) is 42.2 Å². The topological polar surface area (TPSA) is 58.9 Å². The molecule has 3 aromatic rings. The third-order valence-electron chi connectivity index (χ3n) is 8.34. The van der Waals surface area contributed by atoms with E-state index in [4.69, 9.17) is 4.74 Å². The van der Waals surface area contributed by atoms with E-state index in [1.54, 1.807) is 12.1 Å². The molecule has 5 rings (SSSR count). The van der Waals surface area contributed by atoms with Crippen LogP contribution in [0.15, 0.2) is 72.8 Å². The molecule has 0 fully saturated rings. The standard InChI is InChI=1S/C33H39N3O3/c1-5-7-21-34(22-8-6-2)27-15-13-25(14-16-27)19-20-33-32(3,4)29-11-9-10-12-30(29)35(33)24-26-23-28(36(37)38)17-18-31(26)39-33/h9-20,23H,5-8,21-22,24H2,1-4H3/b20-19+. The summed E-state index contributed by atoms with van der Waals surface area (Å²) in [5.41, 5.74) is 4.46. The van der Waals surface area contributed by atoms with Crippen molar-refractivity contribution in [2.75, 3.05) is 22.9 Å². The van der Waals surface area contributed by atoms with Gasteiger partial charge in [-0.15, -0.1) is 0 Å². The van der Waals surface area contributed by atoms with Gasteiger partial charge in [-0.05, 0) is 68.2 Å². The highest BCUT2D eigenvalue weighted by molar-refractivity contribution is 5.71. The molecular weight excluding hydrogens is 486 g/mol. The molecule has 0 aromatic heterocycles. The van der Waals surface area contributed by atoms with Gasteiger partial charge in [0.2, 0.25) is 5.72 Å². The number of non-ortho nitro benzene ring substituents is 1. The summed E-state index contributed by atoms with van der Waals surface area (Å²) in [6, 6.07) is 22.1. The maximum Gasteiger partial charge on any atom is 0.270 e. The van der Waals surface area contributed by atoms with Gasteiger partial charge in [-0.3, -0.25) is 10.1 Å². The van der Waals surface area contributed by atoms with Crippen LogP contribution in [0.3, 0.4) is 0 Å². The van der Waals surface area contributed by atoms with E-state index >= 15 is 0 Å². The van der Waals surface area contributed by atoms with Crippen molar-refractivity contribution in [3.05, 3.63) is 99.6 Å². The first kappa shape index (κ1) is 26.8. The Balaban J connectivity index is 1.50. The third kappa shape index (κ3) is 4.77. The number of nitrogens with zero attached hydrogens (tertiary/aromatic N) is 3. The molecule has 2 heterocycles. The highest BCUT2D eigenvalue weighted by atomic mass is 16.6. The van der Waals surface area contributed by atoms with Crippen LogP contribution in [0.4, 0.5) is 17.1 Å². The highest BCUT2D eigenvalue weighted by Gasteiger charge is 2.59. The predicted octanol–water partition coefficient (Wildman–Crippen LogP) is 8.10. The summed E-state index contributed by atoms with van der Waals surface area (Å²) >= 11 is 0. The maximum atomic E-state index is 11.4. The number of unbranched alkanes of at least 4 members (excludes halogenated alkanes) is 2. The number of rotatable bonds is 10. The second-order valence-electron chi connectivity index (χ2n) is 11.2. The quantitative estimate of drug-likeness (QED) is 0.198. The zero-order valence-electron chi connectivity index (χ0n) is 23.5. The summed E-state index contributed by atoms with van der Waals surface area (Å²) in [5, 5.41) is 11.4. The van der Waals surface area contributed by atoms with Crippen molar-refractivity contribution in [3.8, 4) is 5.75 Å². The molecular formula is C33H39N3O3. The number of nitro groups is 1. The van der Waals surface area contributed by atoms with Crippen molar-refractivity contribution in [1.29, 1.82) is 0 Å². The highest BCUT2D eigenvalue weighted by Crippen LogP contribution is 2.56. The lowest BCUT2D eigenvalue weighted by Crippen LogP contribution is -2.60. The average molecular weight is 526 g/mol. The molecule has 1 atom stereocenters. The summed E-state index contributed by atoms with van der Waals surface area (Å²) in [5.74, 6) is 0.695. The molecule has 204 valence electrons. The Morgan fingerprint density at radius 3 is 2.36 bits per heavy atom. The van der Waals surface area contributed by atoms with Crippen LogP contribution < -0.4 is 14.5 Å². The van der Waals surface area contributed by atoms with Gasteiger partial charge in [-0.2, -0.15) is 0 Å². The molecule has 0 spiro atoms. The summed E-state index contributed by atoms with van der Waals surface area (Å²) in [7, 11) is 0. The van der Waals surface area contributed by atoms with Crippen LogP contribution in [0, 0.1) is 10.1 Å². The van der Waals surface area contributed by atoms with Gasteiger partial charge in [0.05, 0.1) is 16.9 Å². The molecule has 0 amide bonds. The second kappa shape index (κ2) is 10.8. The SMILES string of the molecule is CCCCN(CCCC)c1ccc(/C=C/C23Oc4ccc([N+](=O)[O-])cc4CN2c2ccccc2C3(C)C)cc1. The Bertz CT molecular complexity index is 1360. The van der Waals surface area contributed by atoms with Crippen LogP contribution in [-0.2, 0) is 12.0 Å². The molecule has 6 nitrogen and oxygen atoms in total. The Kier molecular flexibility index (Phi) is 7.39. The summed E-state index contributed by atoms with van der Waals surface area (Å²) in [6.45, 7) is 11.6. The first-order chi connectivity index (χ1) is 18.8. The van der Waals surface area contributed by atoms with Crippen molar-refractivity contribution >= 4 is 23.1 Å². The smallest absolute Gasteiger partial charge is 0.270 e. The second-order valence-corrected chi connectivity index (χ2v) is 11.2. The normalized spacial score (nSPS) is 18.8. The van der Waals surface area contributed by atoms with Crippen molar-refractivity contribution in [1.82, 2.24) is 0 Å². The van der Waals surface area contributed by atoms with Crippen LogP contribution in [-0.4, -0.2) is 23.7 Å². The van der Waals surface area contributed by atoms with Gasteiger partial charge in [0.25, 0.3) is 5.69 Å². The summed E-state index contributed by atoms with van der Waals surface area (Å²) in [4.78, 5) is 15.9. The lowest BCUT2D eigenvalue weighted by Gasteiger charge is -2.48. The van der Waals surface area contributed by atoms with Gasteiger partial charge in [0.1, 0.15) is 5.75 Å². The van der Waals surface area contributed by atoms with Gasteiger partial charge < -0.3 is 14.5 Å². The third-order valence-corrected chi connectivity index (χ3v) is 8.34. The lowest BCUT2D eigenvalue weighted by atomic mass is 9.76. The number of para-hydroxylation sites is 1. The molecule has 1 unspecified atom stereocenters. The molecule has 6 heteroatoms. The molecule has 2 aliphatic rings. The number of hydrogen-bond acceptors (Lipinski definition) is 5. The number of nitro benzene ring substituents is 1. The van der Waals surface area contributed by atoms with Gasteiger partial charge in [0.15, 0.2) is 0 Å². The Morgan fingerprint density at radius 2 is 1.69 bits per heavy atom. The van der Waals surface area contributed by atoms with E-state index in [1.807, 2.05) is 6.07 Å². The molecule has 0 saturated carbocycles. The van der Waals surface area contributed by atoms with E-state index in [9.17, 15) is 10.1 Å². The molecule has 0 saturated heterocycles. The molecule has 0 aliphatic carbocycles. The number of ether oxygens (including phenoxy) is 1. The minimum Gasteiger partial charge on any atom is -0.463 e. The average Bonchev–Trinajstić information content (AvgIpc) is 3.14. The van der Waals surface area contributed by atoms with E-state index in [-0.39, 0.29) is 16.0 Å². The predicted molar refractivity (Wildman–Crippen MR) is 160 cm³/mol. The van der Waals surface area contributed by atoms with Crippen LogP contribution in [0.25, 0.3) is 6.08 Å². The van der Waals surface area contributed by atoms with Crippen molar-refractivity contribution in [3.63, 3.8) is 0 Å². The maximum absolute atomic E-state index is 11.4. The number of fused-ring (bicyclic) bond motifs is 4. The Morgan fingerprint density at radius 1 is 1.00 bits per heavy atom. The van der Waals surface area contributed by atoms with E-state index in [0.717, 1.165) is 29.9 Å². The molecule has 0 bridgehead atoms. The summed E-state index contributed by atoms with van der Waals surface area (Å²) in [6.07, 6.45) is 9.11. The number of benzene rings is 3. The minimum atomic E-state index is -0.771. The zero-order valence-corrected chi connectivity index (χ0v) is 23.5. The van der Waals surface area contributed by atoms with Crippen molar-refractivity contribution < 1.29 is 9.66 Å². The van der Waals surface area contributed by atoms with E-state index in [0.29, 0.717) is 12.3 Å². The van der Waals surface area contributed by atoms with E-state index in [1.165, 1.54) is 43.0 Å². The van der Waals surface area contributed by atoms with E-state index < -0.39 is 5.72 Å². The Labute approximate surface area is 232 Å². The monoisotopic (exact) mass is 525 g/mol. The lowest BCUT2D eigenvalue weighted by molar-refractivity contribution is -0.385. The van der Waals surface area contributed by atoms with Gasteiger partial charge in [-0.25, -0.2) is 0 Å². The zero-order chi connectivity index (χ0) is 27.6. The number of anilines is 2. The van der Waals surface area contributed by atoms with Crippen molar-refractivity contribution in [2.24, 2.45) is 0 Å². The number of hydrogen-bond donors (Lipinski definition) is 0. The fourth-order valence-corrected chi connectivity index (χ4v) is 5.98. The van der Waals surface area contributed by atoms with Crippen LogP contribution in [0.5, 0.6) is 5.75 Å². The van der Waals surface area contributed by atoms with Crippen LogP contribution >= 0.6 is 0 Å². The Hall–Kier alpha value is -3.80. The van der Waals surface area contributed by atoms with Gasteiger partial charge >= 0.3 is 0 Å². The molecule has 3 aromatic carbocycles.